The monoisotopic (exact) mass is 248 g/mol. The molecule has 0 bridgehead atoms. The molecule has 0 aromatic heterocycles. The molecule has 0 spiro atoms. The van der Waals surface area contributed by atoms with Crippen LogP contribution in [0.1, 0.15) is 33.3 Å². The minimum absolute atomic E-state index is 0.167. The highest BCUT2D eigenvalue weighted by atomic mass is 32.2. The average Bonchev–Trinajstić information content (AvgIpc) is 2.26. The minimum Gasteiger partial charge on any atom is -0.300 e. The van der Waals surface area contributed by atoms with Gasteiger partial charge in [0.1, 0.15) is 5.78 Å². The molecule has 0 amide bonds. The molecule has 0 aliphatic rings. The van der Waals surface area contributed by atoms with E-state index in [1.807, 2.05) is 13.0 Å². The summed E-state index contributed by atoms with van der Waals surface area (Å²) in [6.07, 6.45) is 0. The third kappa shape index (κ3) is 9.64. The predicted molar refractivity (Wildman–Crippen MR) is 78.9 cm³/mol. The summed E-state index contributed by atoms with van der Waals surface area (Å²) >= 11 is 1.68. The molecule has 0 unspecified atom stereocenters. The zero-order valence-corrected chi connectivity index (χ0v) is 11.8. The maximum Gasteiger partial charge on any atom is 0.126 e. The fourth-order valence-corrected chi connectivity index (χ4v) is 1.47. The lowest BCUT2D eigenvalue weighted by molar-refractivity contribution is -0.114. The van der Waals surface area contributed by atoms with Gasteiger partial charge in [-0.05, 0) is 49.1 Å². The molecule has 92 valence electrons. The zero-order chi connectivity index (χ0) is 13.3. The van der Waals surface area contributed by atoms with Crippen LogP contribution in [0.15, 0.2) is 47.2 Å². The lowest BCUT2D eigenvalue weighted by Crippen LogP contribution is -1.75. The smallest absolute Gasteiger partial charge is 0.126 e. The van der Waals surface area contributed by atoms with Gasteiger partial charge in [0, 0.05) is 0 Å². The summed E-state index contributed by atoms with van der Waals surface area (Å²) in [6.45, 7) is 11.0. The van der Waals surface area contributed by atoms with Crippen LogP contribution in [-0.2, 0) is 4.79 Å². The van der Waals surface area contributed by atoms with Crippen LogP contribution in [0.2, 0.25) is 0 Å². The van der Waals surface area contributed by atoms with Crippen LogP contribution in [0, 0.1) is 0 Å². The number of carbonyl (C=O) groups excluding carboxylic acids is 1. The molecule has 1 rings (SSSR count). The number of rotatable bonds is 3. The molecular formula is C15H20OS. The summed E-state index contributed by atoms with van der Waals surface area (Å²) in [5.74, 6) is 0.167. The lowest BCUT2D eigenvalue weighted by atomic mass is 10.1. The summed E-state index contributed by atoms with van der Waals surface area (Å²) < 4.78 is 0. The number of benzene rings is 1. The molecule has 0 aliphatic heterocycles. The van der Waals surface area contributed by atoms with Crippen molar-refractivity contribution in [3.63, 3.8) is 0 Å². The van der Waals surface area contributed by atoms with Crippen molar-refractivity contribution >= 4 is 23.1 Å². The van der Waals surface area contributed by atoms with Crippen LogP contribution in [-0.4, -0.2) is 5.78 Å². The molecule has 1 nitrogen and oxygen atoms in total. The second kappa shape index (κ2) is 8.82. The number of hydrogen-bond acceptors (Lipinski definition) is 2. The Morgan fingerprint density at radius 3 is 2.00 bits per heavy atom. The van der Waals surface area contributed by atoms with Crippen LogP contribution in [0.4, 0.5) is 0 Å². The Hall–Kier alpha value is -1.28. The molecule has 0 fully saturated rings. The number of Topliss-reactive ketones (excluding diaryl/α,β-unsaturated/α-hetero) is 1. The highest BCUT2D eigenvalue weighted by Gasteiger charge is 1.92. The molecule has 0 saturated heterocycles. The van der Waals surface area contributed by atoms with E-state index >= 15 is 0 Å². The fourth-order valence-electron chi connectivity index (χ4n) is 0.958. The van der Waals surface area contributed by atoms with E-state index in [0.717, 1.165) is 4.91 Å². The van der Waals surface area contributed by atoms with E-state index in [9.17, 15) is 4.79 Å². The number of hydrogen-bond donors (Lipinski definition) is 0. The van der Waals surface area contributed by atoms with Crippen molar-refractivity contribution in [2.75, 3.05) is 0 Å². The minimum atomic E-state index is 0.167. The predicted octanol–water partition coefficient (Wildman–Crippen LogP) is 4.91. The molecule has 0 heterocycles. The first-order valence-electron chi connectivity index (χ1n) is 5.45. The molecule has 1 aromatic carbocycles. The Bertz CT molecular complexity index is 387. The largest absolute Gasteiger partial charge is 0.300 e. The van der Waals surface area contributed by atoms with Gasteiger partial charge in [-0.3, -0.25) is 0 Å². The van der Waals surface area contributed by atoms with E-state index in [0.29, 0.717) is 0 Å². The Labute approximate surface area is 109 Å². The van der Waals surface area contributed by atoms with Crippen LogP contribution >= 0.6 is 11.8 Å². The number of allylic oxidation sites excluding steroid dienone is 2. The van der Waals surface area contributed by atoms with Gasteiger partial charge < -0.3 is 4.79 Å². The van der Waals surface area contributed by atoms with Crippen molar-refractivity contribution in [3.8, 4) is 0 Å². The van der Waals surface area contributed by atoms with Crippen molar-refractivity contribution in [1.82, 2.24) is 0 Å². The van der Waals surface area contributed by atoms with E-state index in [-0.39, 0.29) is 5.78 Å². The van der Waals surface area contributed by atoms with Gasteiger partial charge in [0.2, 0.25) is 0 Å². The standard InChI is InChI=1S/C12H14S.C3H6O/c1-10(2)13-9-11(3)12-7-5-4-6-8-12;1-3(2)4/h4-9H,1H2,2-3H3;1-2H3/b11-9+;. The molecule has 0 radical (unpaired) electrons. The first kappa shape index (κ1) is 15.7. The SMILES string of the molecule is C=C(C)S/C=C(\C)c1ccccc1.CC(C)=O. The molecule has 2 heteroatoms. The highest BCUT2D eigenvalue weighted by Crippen LogP contribution is 2.21. The Kier molecular flexibility index (Phi) is 8.16. The van der Waals surface area contributed by atoms with Crippen molar-refractivity contribution in [3.05, 3.63) is 52.8 Å². The van der Waals surface area contributed by atoms with Gasteiger partial charge in [-0.1, -0.05) is 36.9 Å². The second-order valence-electron chi connectivity index (χ2n) is 3.90. The van der Waals surface area contributed by atoms with Gasteiger partial charge in [0.25, 0.3) is 0 Å². The number of carbonyl (C=O) groups is 1. The lowest BCUT2D eigenvalue weighted by Gasteiger charge is -2.00. The van der Waals surface area contributed by atoms with Crippen molar-refractivity contribution in [2.24, 2.45) is 0 Å². The zero-order valence-electron chi connectivity index (χ0n) is 11.0. The maximum atomic E-state index is 9.44. The van der Waals surface area contributed by atoms with Crippen LogP contribution < -0.4 is 0 Å². The van der Waals surface area contributed by atoms with Crippen molar-refractivity contribution in [2.45, 2.75) is 27.7 Å². The molecule has 1 aromatic rings. The molecule has 0 saturated carbocycles. The molecule has 17 heavy (non-hydrogen) atoms. The van der Waals surface area contributed by atoms with Crippen LogP contribution in [0.5, 0.6) is 0 Å². The quantitative estimate of drug-likeness (QED) is 0.756. The molecule has 0 N–H and O–H groups in total. The van der Waals surface area contributed by atoms with Gasteiger partial charge in [0.05, 0.1) is 0 Å². The fraction of sp³-hybridized carbons (Fsp3) is 0.267. The average molecular weight is 248 g/mol. The normalized spacial score (nSPS) is 10.2. The van der Waals surface area contributed by atoms with Gasteiger partial charge in [0.15, 0.2) is 0 Å². The first-order valence-corrected chi connectivity index (χ1v) is 6.33. The second-order valence-corrected chi connectivity index (χ2v) is 5.06. The molecule has 0 aliphatic carbocycles. The first-order chi connectivity index (χ1) is 7.93. The molecule has 0 atom stereocenters. The van der Waals surface area contributed by atoms with Gasteiger partial charge in [-0.25, -0.2) is 0 Å². The Balaban J connectivity index is 0.000000557. The van der Waals surface area contributed by atoms with E-state index in [1.165, 1.54) is 25.0 Å². The highest BCUT2D eigenvalue weighted by molar-refractivity contribution is 8.05. The van der Waals surface area contributed by atoms with Crippen LogP contribution in [0.3, 0.4) is 0 Å². The number of ketones is 1. The van der Waals surface area contributed by atoms with Crippen LogP contribution in [0.25, 0.3) is 5.57 Å². The van der Waals surface area contributed by atoms with E-state index in [4.69, 9.17) is 0 Å². The van der Waals surface area contributed by atoms with Crippen molar-refractivity contribution in [1.29, 1.82) is 0 Å². The maximum absolute atomic E-state index is 9.44. The third-order valence-electron chi connectivity index (χ3n) is 1.67. The number of thioether (sulfide) groups is 1. The summed E-state index contributed by atoms with van der Waals surface area (Å²) in [5.41, 5.74) is 2.56. The summed E-state index contributed by atoms with van der Waals surface area (Å²) in [5, 5.41) is 2.14. The third-order valence-corrected chi connectivity index (χ3v) is 2.54. The van der Waals surface area contributed by atoms with Crippen molar-refractivity contribution < 1.29 is 4.79 Å². The Morgan fingerprint density at radius 2 is 1.59 bits per heavy atom. The van der Waals surface area contributed by atoms with E-state index in [2.05, 4.69) is 43.2 Å². The summed E-state index contributed by atoms with van der Waals surface area (Å²) in [6, 6.07) is 10.4. The van der Waals surface area contributed by atoms with Gasteiger partial charge in [-0.15, -0.1) is 11.8 Å². The summed E-state index contributed by atoms with van der Waals surface area (Å²) in [4.78, 5) is 10.6. The van der Waals surface area contributed by atoms with E-state index in [1.54, 1.807) is 11.8 Å². The Morgan fingerprint density at radius 1 is 1.12 bits per heavy atom. The topological polar surface area (TPSA) is 17.1 Å². The van der Waals surface area contributed by atoms with Gasteiger partial charge in [-0.2, -0.15) is 0 Å². The summed E-state index contributed by atoms with van der Waals surface area (Å²) in [7, 11) is 0. The van der Waals surface area contributed by atoms with Gasteiger partial charge >= 0.3 is 0 Å². The molecular weight excluding hydrogens is 228 g/mol. The van der Waals surface area contributed by atoms with E-state index < -0.39 is 0 Å².